The third-order valence-corrected chi connectivity index (χ3v) is 4.66. The van der Waals surface area contributed by atoms with E-state index in [0.29, 0.717) is 32.9 Å². The number of amides is 1. The molecule has 0 aliphatic heterocycles. The molecule has 8 heteroatoms. The summed E-state index contributed by atoms with van der Waals surface area (Å²) < 4.78 is 10.2. The summed E-state index contributed by atoms with van der Waals surface area (Å²) in [5, 5.41) is 9.89. The van der Waals surface area contributed by atoms with Gasteiger partial charge in [-0.3, -0.25) is 4.79 Å². The van der Waals surface area contributed by atoms with Gasteiger partial charge in [0.05, 0.1) is 19.2 Å². The standard InChI is InChI=1S/C22H20ClN3O3S/c1-28-18-10-3-14(4-11-18)21(27)24-15-5-7-16(8-6-15)25-22(30)26-17-9-12-20(29-2)19(23)13-17/h3-13H,1-2H3,(H,24,27)(H2,25,26,30). The average molecular weight is 442 g/mol. The maximum atomic E-state index is 12.3. The van der Waals surface area contributed by atoms with E-state index < -0.39 is 0 Å². The van der Waals surface area contributed by atoms with Gasteiger partial charge >= 0.3 is 0 Å². The number of rotatable bonds is 6. The van der Waals surface area contributed by atoms with Crippen LogP contribution in [-0.2, 0) is 0 Å². The molecule has 0 bridgehead atoms. The second kappa shape index (κ2) is 9.96. The highest BCUT2D eigenvalue weighted by molar-refractivity contribution is 7.80. The van der Waals surface area contributed by atoms with Crippen LogP contribution < -0.4 is 25.4 Å². The summed E-state index contributed by atoms with van der Waals surface area (Å²) in [6.45, 7) is 0. The van der Waals surface area contributed by atoms with Crippen LogP contribution >= 0.6 is 23.8 Å². The van der Waals surface area contributed by atoms with E-state index in [9.17, 15) is 4.79 Å². The maximum absolute atomic E-state index is 12.3. The lowest BCUT2D eigenvalue weighted by Crippen LogP contribution is -2.19. The predicted molar refractivity (Wildman–Crippen MR) is 125 cm³/mol. The number of thiocarbonyl (C=S) groups is 1. The molecule has 3 N–H and O–H groups in total. The van der Waals surface area contributed by atoms with Crippen LogP contribution in [0.25, 0.3) is 0 Å². The van der Waals surface area contributed by atoms with E-state index in [2.05, 4.69) is 16.0 Å². The fraction of sp³-hybridized carbons (Fsp3) is 0.0909. The third-order valence-electron chi connectivity index (χ3n) is 4.16. The molecule has 0 saturated heterocycles. The lowest BCUT2D eigenvalue weighted by molar-refractivity contribution is 0.102. The molecule has 0 aliphatic carbocycles. The smallest absolute Gasteiger partial charge is 0.255 e. The molecular weight excluding hydrogens is 422 g/mol. The molecule has 0 spiro atoms. The van der Waals surface area contributed by atoms with Gasteiger partial charge in [-0.05, 0) is 78.9 Å². The van der Waals surface area contributed by atoms with Gasteiger partial charge in [0.1, 0.15) is 11.5 Å². The molecule has 0 unspecified atom stereocenters. The summed E-state index contributed by atoms with van der Waals surface area (Å²) >= 11 is 11.5. The van der Waals surface area contributed by atoms with Crippen LogP contribution in [0.15, 0.2) is 66.7 Å². The first-order valence-corrected chi connectivity index (χ1v) is 9.74. The highest BCUT2D eigenvalue weighted by Crippen LogP contribution is 2.27. The van der Waals surface area contributed by atoms with Gasteiger partial charge < -0.3 is 25.4 Å². The first-order valence-electron chi connectivity index (χ1n) is 8.95. The van der Waals surface area contributed by atoms with E-state index in [1.54, 1.807) is 62.8 Å². The van der Waals surface area contributed by atoms with E-state index in [1.165, 1.54) is 0 Å². The lowest BCUT2D eigenvalue weighted by atomic mass is 10.2. The minimum atomic E-state index is -0.202. The number of nitrogens with one attached hydrogen (secondary N) is 3. The Bertz CT molecular complexity index is 1040. The van der Waals surface area contributed by atoms with E-state index in [1.807, 2.05) is 18.2 Å². The predicted octanol–water partition coefficient (Wildman–Crippen LogP) is 5.42. The van der Waals surface area contributed by atoms with Crippen molar-refractivity contribution in [1.82, 2.24) is 0 Å². The van der Waals surface area contributed by atoms with Crippen molar-refractivity contribution < 1.29 is 14.3 Å². The molecule has 0 heterocycles. The first kappa shape index (κ1) is 21.4. The van der Waals surface area contributed by atoms with E-state index in [-0.39, 0.29) is 5.91 Å². The molecule has 3 aromatic rings. The molecule has 0 radical (unpaired) electrons. The Morgan fingerprint density at radius 1 is 0.800 bits per heavy atom. The molecule has 3 aromatic carbocycles. The molecule has 6 nitrogen and oxygen atoms in total. The van der Waals surface area contributed by atoms with Crippen LogP contribution in [0.3, 0.4) is 0 Å². The van der Waals surface area contributed by atoms with Gasteiger partial charge in [0.15, 0.2) is 5.11 Å². The second-order valence-electron chi connectivity index (χ2n) is 6.19. The quantitative estimate of drug-likeness (QED) is 0.444. The largest absolute Gasteiger partial charge is 0.497 e. The number of methoxy groups -OCH3 is 2. The first-order chi connectivity index (χ1) is 14.5. The molecular formula is C22H20ClN3O3S. The van der Waals surface area contributed by atoms with Gasteiger partial charge in [-0.25, -0.2) is 0 Å². The highest BCUT2D eigenvalue weighted by Gasteiger charge is 2.07. The van der Waals surface area contributed by atoms with E-state index in [4.69, 9.17) is 33.3 Å². The van der Waals surface area contributed by atoms with Gasteiger partial charge in [0.25, 0.3) is 5.91 Å². The normalized spacial score (nSPS) is 10.1. The number of carbonyl (C=O) groups is 1. The Labute approximate surface area is 185 Å². The topological polar surface area (TPSA) is 71.6 Å². The lowest BCUT2D eigenvalue weighted by Gasteiger charge is -2.12. The molecule has 3 rings (SSSR count). The zero-order valence-electron chi connectivity index (χ0n) is 16.4. The molecule has 0 saturated carbocycles. The minimum Gasteiger partial charge on any atom is -0.497 e. The number of halogens is 1. The number of hydrogen-bond donors (Lipinski definition) is 3. The van der Waals surface area contributed by atoms with E-state index >= 15 is 0 Å². The monoisotopic (exact) mass is 441 g/mol. The van der Waals surface area contributed by atoms with Crippen molar-refractivity contribution in [3.63, 3.8) is 0 Å². The van der Waals surface area contributed by atoms with Crippen molar-refractivity contribution >= 4 is 51.9 Å². The Hall–Kier alpha value is -3.29. The van der Waals surface area contributed by atoms with Crippen LogP contribution in [0.5, 0.6) is 11.5 Å². The van der Waals surface area contributed by atoms with Crippen LogP contribution in [0.4, 0.5) is 17.1 Å². The summed E-state index contributed by atoms with van der Waals surface area (Å²) in [6, 6.07) is 19.4. The van der Waals surface area contributed by atoms with Gasteiger partial charge in [-0.2, -0.15) is 0 Å². The summed E-state index contributed by atoms with van der Waals surface area (Å²) in [6.07, 6.45) is 0. The Kier molecular flexibility index (Phi) is 7.11. The zero-order chi connectivity index (χ0) is 21.5. The summed E-state index contributed by atoms with van der Waals surface area (Å²) in [5.41, 5.74) is 2.72. The van der Waals surface area contributed by atoms with Crippen LogP contribution in [0.2, 0.25) is 5.02 Å². The fourth-order valence-corrected chi connectivity index (χ4v) is 3.11. The van der Waals surface area contributed by atoms with Gasteiger partial charge in [-0.1, -0.05) is 11.6 Å². The van der Waals surface area contributed by atoms with Gasteiger partial charge in [0.2, 0.25) is 0 Å². The van der Waals surface area contributed by atoms with Crippen molar-refractivity contribution in [2.75, 3.05) is 30.2 Å². The van der Waals surface area contributed by atoms with Crippen LogP contribution in [0, 0.1) is 0 Å². The van der Waals surface area contributed by atoms with Gasteiger partial charge in [-0.15, -0.1) is 0 Å². The van der Waals surface area contributed by atoms with Crippen LogP contribution in [-0.4, -0.2) is 25.2 Å². The zero-order valence-corrected chi connectivity index (χ0v) is 17.9. The number of ether oxygens (including phenoxy) is 2. The molecule has 154 valence electrons. The Morgan fingerprint density at radius 2 is 1.37 bits per heavy atom. The minimum absolute atomic E-state index is 0.202. The average Bonchev–Trinajstić information content (AvgIpc) is 2.75. The third kappa shape index (κ3) is 5.62. The Balaban J connectivity index is 1.56. The summed E-state index contributed by atoms with van der Waals surface area (Å²) in [7, 11) is 3.14. The Morgan fingerprint density at radius 3 is 1.93 bits per heavy atom. The van der Waals surface area contributed by atoms with Gasteiger partial charge in [0, 0.05) is 22.6 Å². The number of carbonyl (C=O) groups excluding carboxylic acids is 1. The molecule has 1 amide bonds. The van der Waals surface area contributed by atoms with Crippen molar-refractivity contribution in [3.05, 3.63) is 77.3 Å². The van der Waals surface area contributed by atoms with E-state index in [0.717, 1.165) is 11.4 Å². The van der Waals surface area contributed by atoms with Crippen molar-refractivity contribution in [1.29, 1.82) is 0 Å². The highest BCUT2D eigenvalue weighted by atomic mass is 35.5. The molecule has 0 aromatic heterocycles. The summed E-state index contributed by atoms with van der Waals surface area (Å²) in [4.78, 5) is 12.3. The molecule has 0 aliphatic rings. The van der Waals surface area contributed by atoms with Crippen LogP contribution in [0.1, 0.15) is 10.4 Å². The number of benzene rings is 3. The molecule has 0 fully saturated rings. The van der Waals surface area contributed by atoms with Crippen molar-refractivity contribution in [2.24, 2.45) is 0 Å². The molecule has 30 heavy (non-hydrogen) atoms. The summed E-state index contributed by atoms with van der Waals surface area (Å²) in [5.74, 6) is 1.09. The number of anilines is 3. The van der Waals surface area contributed by atoms with Crippen molar-refractivity contribution in [3.8, 4) is 11.5 Å². The second-order valence-corrected chi connectivity index (χ2v) is 7.00. The molecule has 0 atom stereocenters. The number of hydrogen-bond acceptors (Lipinski definition) is 4. The fourth-order valence-electron chi connectivity index (χ4n) is 2.62. The SMILES string of the molecule is COc1ccc(C(=O)Nc2ccc(NC(=S)Nc3ccc(OC)c(Cl)c3)cc2)cc1. The maximum Gasteiger partial charge on any atom is 0.255 e. The van der Waals surface area contributed by atoms with Crippen molar-refractivity contribution in [2.45, 2.75) is 0 Å².